The van der Waals surface area contributed by atoms with Gasteiger partial charge < -0.3 is 10.3 Å². The maximum atomic E-state index is 13.3. The SMILES string of the molecule is CCN(CC)S(=O)(=O)c1ccc2[nH]c(=O)cc(C(=O)NCCc3cc(F)cc(F)c3)c2c1. The number of fused-ring (bicyclic) bond motifs is 1. The molecule has 0 saturated carbocycles. The Labute approximate surface area is 184 Å². The molecule has 0 fully saturated rings. The third kappa shape index (κ3) is 5.03. The third-order valence-electron chi connectivity index (χ3n) is 5.02. The lowest BCUT2D eigenvalue weighted by molar-refractivity contribution is 0.0955. The number of nitrogens with zero attached hydrogens (tertiary/aromatic N) is 1. The molecule has 0 unspecified atom stereocenters. The average molecular weight is 464 g/mol. The monoisotopic (exact) mass is 463 g/mol. The first-order valence-electron chi connectivity index (χ1n) is 10.1. The number of carbonyl (C=O) groups excluding carboxylic acids is 1. The first-order valence-corrected chi connectivity index (χ1v) is 11.5. The van der Waals surface area contributed by atoms with Crippen molar-refractivity contribution in [2.75, 3.05) is 19.6 Å². The number of amides is 1. The zero-order valence-electron chi connectivity index (χ0n) is 17.6. The Bertz CT molecular complexity index is 1300. The van der Waals surface area contributed by atoms with Crippen molar-refractivity contribution in [2.45, 2.75) is 25.2 Å². The quantitative estimate of drug-likeness (QED) is 0.537. The molecule has 2 aromatic carbocycles. The van der Waals surface area contributed by atoms with Gasteiger partial charge in [0.25, 0.3) is 5.91 Å². The van der Waals surface area contributed by atoms with E-state index in [0.717, 1.165) is 12.1 Å². The Morgan fingerprint density at radius 3 is 2.31 bits per heavy atom. The molecule has 0 aliphatic carbocycles. The van der Waals surface area contributed by atoms with Crippen molar-refractivity contribution in [2.24, 2.45) is 0 Å². The minimum Gasteiger partial charge on any atom is -0.352 e. The Kier molecular flexibility index (Phi) is 7.05. The molecule has 7 nitrogen and oxygen atoms in total. The van der Waals surface area contributed by atoms with Gasteiger partial charge in [-0.1, -0.05) is 13.8 Å². The Hall–Kier alpha value is -3.11. The summed E-state index contributed by atoms with van der Waals surface area (Å²) in [5.41, 5.74) is 0.166. The van der Waals surface area contributed by atoms with Crippen LogP contribution in [0.15, 0.2) is 52.2 Å². The molecule has 1 heterocycles. The highest BCUT2D eigenvalue weighted by molar-refractivity contribution is 7.89. The van der Waals surface area contributed by atoms with Gasteiger partial charge in [0.15, 0.2) is 0 Å². The molecule has 0 radical (unpaired) electrons. The lowest BCUT2D eigenvalue weighted by Crippen LogP contribution is -2.30. The van der Waals surface area contributed by atoms with E-state index in [9.17, 15) is 26.8 Å². The summed E-state index contributed by atoms with van der Waals surface area (Å²) in [4.78, 5) is 27.4. The van der Waals surface area contributed by atoms with Gasteiger partial charge in [0.05, 0.1) is 10.5 Å². The molecule has 2 N–H and O–H groups in total. The van der Waals surface area contributed by atoms with E-state index in [1.807, 2.05) is 0 Å². The van der Waals surface area contributed by atoms with Crippen LogP contribution in [-0.2, 0) is 16.4 Å². The lowest BCUT2D eigenvalue weighted by atomic mass is 10.1. The number of rotatable bonds is 8. The topological polar surface area (TPSA) is 99.3 Å². The number of halogens is 2. The standard InChI is InChI=1S/C22H23F2N3O4S/c1-3-27(4-2)32(30,31)17-5-6-20-18(12-17)19(13-21(28)26-20)22(29)25-8-7-14-9-15(23)11-16(24)10-14/h5-6,9-13H,3-4,7-8H2,1-2H3,(H,25,29)(H,26,28). The number of hydrogen-bond acceptors (Lipinski definition) is 4. The summed E-state index contributed by atoms with van der Waals surface area (Å²) in [5.74, 6) is -2.03. The number of nitrogens with one attached hydrogen (secondary N) is 2. The summed E-state index contributed by atoms with van der Waals surface area (Å²) in [5, 5.41) is 2.88. The summed E-state index contributed by atoms with van der Waals surface area (Å²) < 4.78 is 53.7. The van der Waals surface area contributed by atoms with E-state index in [1.54, 1.807) is 13.8 Å². The molecule has 3 aromatic rings. The van der Waals surface area contributed by atoms with E-state index in [0.29, 0.717) is 11.1 Å². The Morgan fingerprint density at radius 1 is 1.03 bits per heavy atom. The van der Waals surface area contributed by atoms with Crippen molar-refractivity contribution in [1.82, 2.24) is 14.6 Å². The van der Waals surface area contributed by atoms with E-state index >= 15 is 0 Å². The van der Waals surface area contributed by atoms with Gasteiger partial charge in [-0.05, 0) is 42.3 Å². The smallest absolute Gasteiger partial charge is 0.252 e. The van der Waals surface area contributed by atoms with Gasteiger partial charge in [-0.2, -0.15) is 4.31 Å². The highest BCUT2D eigenvalue weighted by Gasteiger charge is 2.23. The molecule has 170 valence electrons. The number of sulfonamides is 1. The largest absolute Gasteiger partial charge is 0.352 e. The number of carbonyl (C=O) groups is 1. The number of hydrogen-bond donors (Lipinski definition) is 2. The van der Waals surface area contributed by atoms with Crippen LogP contribution in [0, 0.1) is 11.6 Å². The summed E-state index contributed by atoms with van der Waals surface area (Å²) in [6.07, 6.45) is 0.170. The first-order chi connectivity index (χ1) is 15.1. The molecule has 0 spiro atoms. The molecule has 10 heteroatoms. The number of aromatic amines is 1. The highest BCUT2D eigenvalue weighted by Crippen LogP contribution is 2.23. The molecule has 0 aliphatic heterocycles. The second-order valence-electron chi connectivity index (χ2n) is 7.13. The molecule has 0 atom stereocenters. The average Bonchev–Trinajstić information content (AvgIpc) is 2.72. The highest BCUT2D eigenvalue weighted by atomic mass is 32.2. The third-order valence-corrected chi connectivity index (χ3v) is 7.07. The predicted octanol–water partition coefficient (Wildman–Crippen LogP) is 2.81. The van der Waals surface area contributed by atoms with E-state index in [4.69, 9.17) is 0 Å². The van der Waals surface area contributed by atoms with Crippen LogP contribution in [-0.4, -0.2) is 43.2 Å². The zero-order valence-corrected chi connectivity index (χ0v) is 18.4. The molecule has 3 rings (SSSR count). The fourth-order valence-electron chi connectivity index (χ4n) is 3.46. The van der Waals surface area contributed by atoms with Crippen LogP contribution in [0.3, 0.4) is 0 Å². The molecule has 0 bridgehead atoms. The molecule has 0 aliphatic rings. The fraction of sp³-hybridized carbons (Fsp3) is 0.273. The van der Waals surface area contributed by atoms with Crippen LogP contribution < -0.4 is 10.9 Å². The minimum atomic E-state index is -3.77. The fourth-order valence-corrected chi connectivity index (χ4v) is 4.95. The minimum absolute atomic E-state index is 0.00466. The van der Waals surface area contributed by atoms with Crippen LogP contribution in [0.5, 0.6) is 0 Å². The van der Waals surface area contributed by atoms with Gasteiger partial charge in [-0.25, -0.2) is 17.2 Å². The van der Waals surface area contributed by atoms with Crippen LogP contribution in [0.1, 0.15) is 29.8 Å². The first kappa shape index (κ1) is 23.6. The molecule has 0 saturated heterocycles. The molecule has 1 aromatic heterocycles. The number of benzene rings is 2. The van der Waals surface area contributed by atoms with E-state index in [1.165, 1.54) is 34.6 Å². The zero-order chi connectivity index (χ0) is 23.5. The second kappa shape index (κ2) is 9.58. The number of aromatic nitrogens is 1. The molecule has 32 heavy (non-hydrogen) atoms. The molecule has 1 amide bonds. The number of H-pyrrole nitrogens is 1. The van der Waals surface area contributed by atoms with E-state index in [-0.39, 0.29) is 41.9 Å². The van der Waals surface area contributed by atoms with Gasteiger partial charge in [0.2, 0.25) is 15.6 Å². The number of pyridine rings is 1. The lowest BCUT2D eigenvalue weighted by Gasteiger charge is -2.19. The van der Waals surface area contributed by atoms with Crippen molar-refractivity contribution in [3.05, 3.63) is 75.6 Å². The molecular formula is C22H23F2N3O4S. The van der Waals surface area contributed by atoms with Crippen molar-refractivity contribution >= 4 is 26.8 Å². The molecular weight excluding hydrogens is 440 g/mol. The summed E-state index contributed by atoms with van der Waals surface area (Å²) >= 11 is 0. The van der Waals surface area contributed by atoms with Gasteiger partial charge in [-0.15, -0.1) is 0 Å². The van der Waals surface area contributed by atoms with Crippen molar-refractivity contribution in [1.29, 1.82) is 0 Å². The van der Waals surface area contributed by atoms with Crippen LogP contribution in [0.25, 0.3) is 10.9 Å². The van der Waals surface area contributed by atoms with Crippen molar-refractivity contribution < 1.29 is 22.0 Å². The maximum Gasteiger partial charge on any atom is 0.252 e. The van der Waals surface area contributed by atoms with Gasteiger partial charge >= 0.3 is 0 Å². The van der Waals surface area contributed by atoms with Crippen LogP contribution in [0.4, 0.5) is 8.78 Å². The Morgan fingerprint density at radius 2 is 1.69 bits per heavy atom. The van der Waals surface area contributed by atoms with Crippen LogP contribution in [0.2, 0.25) is 0 Å². The van der Waals surface area contributed by atoms with Gasteiger partial charge in [-0.3, -0.25) is 9.59 Å². The summed E-state index contributed by atoms with van der Waals surface area (Å²) in [6.45, 7) is 4.09. The van der Waals surface area contributed by atoms with Crippen molar-refractivity contribution in [3.8, 4) is 0 Å². The van der Waals surface area contributed by atoms with Crippen LogP contribution >= 0.6 is 0 Å². The maximum absolute atomic E-state index is 13.3. The normalized spacial score (nSPS) is 11.8. The van der Waals surface area contributed by atoms with E-state index in [2.05, 4.69) is 10.3 Å². The summed E-state index contributed by atoms with van der Waals surface area (Å²) in [7, 11) is -3.77. The second-order valence-corrected chi connectivity index (χ2v) is 9.07. The summed E-state index contributed by atoms with van der Waals surface area (Å²) in [6, 6.07) is 8.37. The predicted molar refractivity (Wildman–Crippen MR) is 117 cm³/mol. The van der Waals surface area contributed by atoms with Crippen molar-refractivity contribution in [3.63, 3.8) is 0 Å². The Balaban J connectivity index is 1.91. The van der Waals surface area contributed by atoms with Gasteiger partial charge in [0.1, 0.15) is 11.6 Å². The van der Waals surface area contributed by atoms with E-state index < -0.39 is 33.1 Å². The van der Waals surface area contributed by atoms with Gasteiger partial charge in [0, 0.05) is 42.7 Å².